The van der Waals surface area contributed by atoms with Crippen LogP contribution in [0.25, 0.3) is 0 Å². The number of allylic oxidation sites excluding steroid dienone is 1. The zero-order valence-electron chi connectivity index (χ0n) is 17.3. The summed E-state index contributed by atoms with van der Waals surface area (Å²) in [5.74, 6) is 0.771. The van der Waals surface area contributed by atoms with Crippen LogP contribution in [0.3, 0.4) is 0 Å². The number of benzene rings is 1. The van der Waals surface area contributed by atoms with Gasteiger partial charge in [0.2, 0.25) is 10.0 Å². The Hall–Kier alpha value is -1.66. The highest BCUT2D eigenvalue weighted by Crippen LogP contribution is 2.51. The third-order valence-corrected chi connectivity index (χ3v) is 8.32. The molecule has 1 aromatic rings. The number of hydrogen-bond acceptors (Lipinski definition) is 4. The van der Waals surface area contributed by atoms with E-state index in [2.05, 4.69) is 13.8 Å². The van der Waals surface area contributed by atoms with Crippen LogP contribution < -0.4 is 0 Å². The van der Waals surface area contributed by atoms with Crippen molar-refractivity contribution < 1.29 is 17.9 Å². The van der Waals surface area contributed by atoms with Crippen molar-refractivity contribution in [1.29, 1.82) is 0 Å². The Balaban J connectivity index is 1.71. The van der Waals surface area contributed by atoms with Gasteiger partial charge in [-0.1, -0.05) is 31.5 Å². The Labute approximate surface area is 167 Å². The molecule has 0 saturated carbocycles. The smallest absolute Gasteiger partial charge is 0.243 e. The molecule has 0 N–H and O–H groups in total. The van der Waals surface area contributed by atoms with Gasteiger partial charge in [-0.05, 0) is 38.3 Å². The molecule has 2 heterocycles. The number of ether oxygens (including phenoxy) is 1. The van der Waals surface area contributed by atoms with Gasteiger partial charge in [0.05, 0.1) is 4.90 Å². The van der Waals surface area contributed by atoms with Crippen molar-refractivity contribution in [2.24, 2.45) is 17.3 Å². The number of ketones is 1. The van der Waals surface area contributed by atoms with Crippen LogP contribution in [-0.4, -0.2) is 37.2 Å². The zero-order chi connectivity index (χ0) is 20.5. The predicted molar refractivity (Wildman–Crippen MR) is 107 cm³/mol. The lowest BCUT2D eigenvalue weighted by Gasteiger charge is -2.46. The number of fused-ring (bicyclic) bond motifs is 2. The maximum absolute atomic E-state index is 13.2. The van der Waals surface area contributed by atoms with Crippen LogP contribution in [0, 0.1) is 24.2 Å². The van der Waals surface area contributed by atoms with Crippen molar-refractivity contribution in [1.82, 2.24) is 4.31 Å². The second kappa shape index (κ2) is 6.17. The average molecular weight is 404 g/mol. The third-order valence-electron chi connectivity index (χ3n) is 6.47. The first kappa shape index (κ1) is 19.6. The molecule has 3 aliphatic rings. The molecule has 28 heavy (non-hydrogen) atoms. The van der Waals surface area contributed by atoms with Crippen molar-refractivity contribution in [3.8, 4) is 0 Å². The molecule has 4 rings (SSSR count). The van der Waals surface area contributed by atoms with E-state index in [1.807, 2.05) is 32.9 Å². The Kier molecular flexibility index (Phi) is 4.33. The lowest BCUT2D eigenvalue weighted by Crippen LogP contribution is -2.47. The molecule has 2 aliphatic heterocycles. The molecule has 0 unspecified atom stereocenters. The second-order valence-electron chi connectivity index (χ2n) is 9.83. The quantitative estimate of drug-likeness (QED) is 0.756. The molecule has 2 atom stereocenters. The van der Waals surface area contributed by atoms with Crippen LogP contribution in [0.15, 0.2) is 40.5 Å². The first-order valence-electron chi connectivity index (χ1n) is 9.93. The minimum absolute atomic E-state index is 0.0309. The molecule has 0 bridgehead atoms. The molecule has 1 aromatic carbocycles. The Morgan fingerprint density at radius 3 is 2.32 bits per heavy atom. The summed E-state index contributed by atoms with van der Waals surface area (Å²) < 4.78 is 34.3. The molecule has 1 saturated heterocycles. The molecule has 0 amide bonds. The third kappa shape index (κ3) is 3.11. The van der Waals surface area contributed by atoms with Gasteiger partial charge in [-0.3, -0.25) is 4.79 Å². The van der Waals surface area contributed by atoms with Gasteiger partial charge in [0, 0.05) is 43.3 Å². The summed E-state index contributed by atoms with van der Waals surface area (Å²) in [5.41, 5.74) is 1.14. The number of aryl methyl sites for hydroxylation is 1. The van der Waals surface area contributed by atoms with Crippen LogP contribution in [0.4, 0.5) is 0 Å². The van der Waals surface area contributed by atoms with Crippen molar-refractivity contribution in [2.75, 3.05) is 13.1 Å². The molecule has 5 nitrogen and oxygen atoms in total. The van der Waals surface area contributed by atoms with E-state index in [1.54, 1.807) is 16.4 Å². The monoisotopic (exact) mass is 403 g/mol. The number of nitrogens with zero attached hydrogens (tertiary/aromatic N) is 1. The van der Waals surface area contributed by atoms with Crippen molar-refractivity contribution in [3.63, 3.8) is 0 Å². The molecule has 0 spiro atoms. The van der Waals surface area contributed by atoms with Crippen LogP contribution in [-0.2, 0) is 19.6 Å². The van der Waals surface area contributed by atoms with E-state index < -0.39 is 15.6 Å². The summed E-state index contributed by atoms with van der Waals surface area (Å²) in [6.07, 6.45) is 1.22. The van der Waals surface area contributed by atoms with E-state index in [0.29, 0.717) is 24.4 Å². The minimum atomic E-state index is -3.60. The molecule has 6 heteroatoms. The van der Waals surface area contributed by atoms with Crippen LogP contribution >= 0.6 is 0 Å². The van der Waals surface area contributed by atoms with Crippen molar-refractivity contribution >= 4 is 15.8 Å². The van der Waals surface area contributed by atoms with Gasteiger partial charge in [-0.15, -0.1) is 0 Å². The number of rotatable bonds is 2. The van der Waals surface area contributed by atoms with Gasteiger partial charge in [0.25, 0.3) is 0 Å². The molecule has 0 aromatic heterocycles. The highest BCUT2D eigenvalue weighted by atomic mass is 32.2. The Morgan fingerprint density at radius 2 is 1.68 bits per heavy atom. The molecule has 1 fully saturated rings. The van der Waals surface area contributed by atoms with E-state index in [-0.39, 0.29) is 23.0 Å². The van der Waals surface area contributed by atoms with Gasteiger partial charge < -0.3 is 4.74 Å². The van der Waals surface area contributed by atoms with E-state index in [1.165, 1.54) is 0 Å². The van der Waals surface area contributed by atoms with Crippen LogP contribution in [0.2, 0.25) is 0 Å². The van der Waals surface area contributed by atoms with Gasteiger partial charge in [-0.25, -0.2) is 8.42 Å². The molecule has 152 valence electrons. The Bertz CT molecular complexity index is 957. The zero-order valence-corrected chi connectivity index (χ0v) is 18.1. The SMILES string of the molecule is Cc1ccc(S(=O)(=O)N2C[C@H]3C4=C(CC(C)(C)CC4=O)OC(C)(C)[C@H]3C2)cc1. The van der Waals surface area contributed by atoms with E-state index >= 15 is 0 Å². The van der Waals surface area contributed by atoms with Crippen LogP contribution in [0.5, 0.6) is 0 Å². The summed E-state index contributed by atoms with van der Waals surface area (Å²) >= 11 is 0. The maximum Gasteiger partial charge on any atom is 0.243 e. The standard InChI is InChI=1S/C22H29NO4S/c1-14-6-8-15(9-7-14)28(25,26)23-12-16-17(13-23)22(4,5)27-19-11-21(2,3)10-18(24)20(16)19/h6-9,16-17H,10-13H2,1-5H3/t16-,17+/m1/s1. The highest BCUT2D eigenvalue weighted by molar-refractivity contribution is 7.89. The lowest BCUT2D eigenvalue weighted by molar-refractivity contribution is -0.123. The summed E-state index contributed by atoms with van der Waals surface area (Å²) in [6, 6.07) is 6.95. The van der Waals surface area contributed by atoms with Gasteiger partial charge >= 0.3 is 0 Å². The van der Waals surface area contributed by atoms with Crippen molar-refractivity contribution in [2.45, 2.75) is 58.0 Å². The topological polar surface area (TPSA) is 63.7 Å². The number of sulfonamides is 1. The fourth-order valence-corrected chi connectivity index (χ4v) is 6.49. The minimum Gasteiger partial charge on any atom is -0.491 e. The summed E-state index contributed by atoms with van der Waals surface area (Å²) in [4.78, 5) is 13.3. The molecule has 0 radical (unpaired) electrons. The van der Waals surface area contributed by atoms with Gasteiger partial charge in [0.15, 0.2) is 5.78 Å². The lowest BCUT2D eigenvalue weighted by atomic mass is 9.68. The van der Waals surface area contributed by atoms with E-state index in [0.717, 1.165) is 23.3 Å². The molecule has 1 aliphatic carbocycles. The van der Waals surface area contributed by atoms with E-state index in [9.17, 15) is 13.2 Å². The fourth-order valence-electron chi connectivity index (χ4n) is 5.00. The number of carbonyl (C=O) groups excluding carboxylic acids is 1. The summed E-state index contributed by atoms with van der Waals surface area (Å²) in [6.45, 7) is 10.9. The molecular weight excluding hydrogens is 374 g/mol. The van der Waals surface area contributed by atoms with E-state index in [4.69, 9.17) is 4.74 Å². The van der Waals surface area contributed by atoms with Gasteiger partial charge in [0.1, 0.15) is 11.4 Å². The summed E-state index contributed by atoms with van der Waals surface area (Å²) in [5, 5.41) is 0. The maximum atomic E-state index is 13.2. The first-order valence-corrected chi connectivity index (χ1v) is 11.4. The fraction of sp³-hybridized carbons (Fsp3) is 0.591. The normalized spacial score (nSPS) is 29.2. The first-order chi connectivity index (χ1) is 12.9. The van der Waals surface area contributed by atoms with Crippen molar-refractivity contribution in [3.05, 3.63) is 41.2 Å². The average Bonchev–Trinajstić information content (AvgIpc) is 3.00. The number of Topliss-reactive ketones (excluding diaryl/α,β-unsaturated/α-hetero) is 1. The second-order valence-corrected chi connectivity index (χ2v) is 11.8. The molecular formula is C22H29NO4S. The van der Waals surface area contributed by atoms with Crippen LogP contribution in [0.1, 0.15) is 46.1 Å². The number of hydrogen-bond donors (Lipinski definition) is 0. The largest absolute Gasteiger partial charge is 0.491 e. The predicted octanol–water partition coefficient (Wildman–Crippen LogP) is 3.68. The Morgan fingerprint density at radius 1 is 1.04 bits per heavy atom. The summed E-state index contributed by atoms with van der Waals surface area (Å²) in [7, 11) is -3.60. The van der Waals surface area contributed by atoms with Gasteiger partial charge in [-0.2, -0.15) is 4.31 Å². The highest BCUT2D eigenvalue weighted by Gasteiger charge is 2.55. The number of carbonyl (C=O) groups is 1.